The number of halogens is 1. The third kappa shape index (κ3) is 3.20. The number of rotatable bonds is 4. The summed E-state index contributed by atoms with van der Waals surface area (Å²) in [6.45, 7) is -0.620. The molecule has 0 aliphatic heterocycles. The van der Waals surface area contributed by atoms with Gasteiger partial charge < -0.3 is 10.6 Å². The Morgan fingerprint density at radius 2 is 2.21 bits per heavy atom. The maximum atomic E-state index is 12.1. The van der Waals surface area contributed by atoms with Gasteiger partial charge in [0.2, 0.25) is 0 Å². The van der Waals surface area contributed by atoms with Gasteiger partial charge in [0, 0.05) is 29.6 Å². The molecule has 5 nitrogen and oxygen atoms in total. The molecule has 0 saturated heterocycles. The molecule has 0 aliphatic carbocycles. The van der Waals surface area contributed by atoms with Gasteiger partial charge in [0.1, 0.15) is 12.3 Å². The molecular formula is C18H15FN4O. The lowest BCUT2D eigenvalue weighted by Gasteiger charge is -2.08. The molecule has 0 fully saturated rings. The van der Waals surface area contributed by atoms with Crippen LogP contribution >= 0.6 is 0 Å². The van der Waals surface area contributed by atoms with Gasteiger partial charge in [-0.05, 0) is 24.3 Å². The van der Waals surface area contributed by atoms with Gasteiger partial charge in [0.15, 0.2) is 0 Å². The Balaban J connectivity index is 1.89. The fraction of sp³-hybridized carbons (Fsp3) is 0.111. The topological polar surface area (TPSA) is 58.4 Å². The molecule has 0 radical (unpaired) electrons. The Bertz CT molecular complexity index is 926. The van der Waals surface area contributed by atoms with Crippen LogP contribution in [0.2, 0.25) is 0 Å². The summed E-state index contributed by atoms with van der Waals surface area (Å²) in [5.74, 6) is 2.58. The molecule has 6 heteroatoms. The molecule has 0 unspecified atom stereocenters. The van der Waals surface area contributed by atoms with Crippen molar-refractivity contribution in [3.8, 4) is 23.6 Å². The van der Waals surface area contributed by atoms with E-state index in [2.05, 4.69) is 21.5 Å². The van der Waals surface area contributed by atoms with Crippen LogP contribution in [0, 0.1) is 12.3 Å². The highest BCUT2D eigenvalue weighted by Gasteiger charge is 2.08. The van der Waals surface area contributed by atoms with Crippen LogP contribution in [0.25, 0.3) is 16.9 Å². The van der Waals surface area contributed by atoms with E-state index in [1.165, 1.54) is 0 Å². The maximum Gasteiger partial charge on any atom is 0.319 e. The first-order valence-corrected chi connectivity index (χ1v) is 7.36. The maximum absolute atomic E-state index is 12.1. The van der Waals surface area contributed by atoms with Crippen molar-refractivity contribution >= 4 is 17.4 Å². The van der Waals surface area contributed by atoms with E-state index < -0.39 is 12.7 Å². The second-order valence-electron chi connectivity index (χ2n) is 5.08. The van der Waals surface area contributed by atoms with Crippen LogP contribution in [0.15, 0.2) is 48.8 Å². The number of amides is 2. The molecule has 2 heterocycles. The normalized spacial score (nSPS) is 10.3. The molecule has 0 bridgehead atoms. The molecule has 1 aromatic carbocycles. The van der Waals surface area contributed by atoms with E-state index in [9.17, 15) is 9.18 Å². The fourth-order valence-corrected chi connectivity index (χ4v) is 2.38. The first-order chi connectivity index (χ1) is 11.7. The first-order valence-electron chi connectivity index (χ1n) is 7.36. The SMILES string of the molecule is C#Cc1ccn2c(-c3cccc(NC(=O)NCCF)c3)cnc2c1. The number of terminal acetylenes is 1. The number of hydrogen-bond donors (Lipinski definition) is 2. The minimum atomic E-state index is -0.602. The van der Waals surface area contributed by atoms with Crippen molar-refractivity contribution in [2.45, 2.75) is 0 Å². The van der Waals surface area contributed by atoms with Crippen molar-refractivity contribution in [1.82, 2.24) is 14.7 Å². The highest BCUT2D eigenvalue weighted by molar-refractivity contribution is 5.90. The number of aromatic nitrogens is 2. The van der Waals surface area contributed by atoms with Crippen molar-refractivity contribution < 1.29 is 9.18 Å². The number of carbonyl (C=O) groups is 1. The summed E-state index contributed by atoms with van der Waals surface area (Å²) < 4.78 is 14.0. The Hall–Kier alpha value is -3.33. The molecule has 2 aromatic heterocycles. The zero-order valence-corrected chi connectivity index (χ0v) is 12.8. The Morgan fingerprint density at radius 1 is 1.33 bits per heavy atom. The second-order valence-corrected chi connectivity index (χ2v) is 5.08. The zero-order chi connectivity index (χ0) is 16.9. The standard InChI is InChI=1S/C18H15FN4O/c1-2-13-6-9-23-16(12-21-17(23)10-13)14-4-3-5-15(11-14)22-18(24)20-8-7-19/h1,3-6,9-12H,7-8H2,(H2,20,22,24). The average molecular weight is 322 g/mol. The summed E-state index contributed by atoms with van der Waals surface area (Å²) in [7, 11) is 0. The van der Waals surface area contributed by atoms with Crippen LogP contribution in [-0.2, 0) is 0 Å². The van der Waals surface area contributed by atoms with Crippen LogP contribution in [-0.4, -0.2) is 28.6 Å². The summed E-state index contributed by atoms with van der Waals surface area (Å²) >= 11 is 0. The van der Waals surface area contributed by atoms with E-state index >= 15 is 0 Å². The summed E-state index contributed by atoms with van der Waals surface area (Å²) in [5, 5.41) is 5.09. The number of pyridine rings is 1. The quantitative estimate of drug-likeness (QED) is 0.725. The Labute approximate surface area is 138 Å². The number of fused-ring (bicyclic) bond motifs is 1. The number of nitrogens with zero attached hydrogens (tertiary/aromatic N) is 2. The number of nitrogens with one attached hydrogen (secondary N) is 2. The summed E-state index contributed by atoms with van der Waals surface area (Å²) in [4.78, 5) is 16.0. The van der Waals surface area contributed by atoms with Crippen molar-refractivity contribution in [2.75, 3.05) is 18.5 Å². The van der Waals surface area contributed by atoms with Crippen LogP contribution in [0.4, 0.5) is 14.9 Å². The smallest absolute Gasteiger partial charge is 0.319 e. The molecule has 3 aromatic rings. The molecule has 0 atom stereocenters. The summed E-state index contributed by atoms with van der Waals surface area (Å²) in [5.41, 5.74) is 3.89. The van der Waals surface area contributed by atoms with Gasteiger partial charge in [0.25, 0.3) is 0 Å². The molecule has 2 N–H and O–H groups in total. The number of benzene rings is 1. The van der Waals surface area contributed by atoms with Gasteiger partial charge >= 0.3 is 6.03 Å². The molecule has 3 rings (SSSR count). The number of hydrogen-bond acceptors (Lipinski definition) is 2. The third-order valence-electron chi connectivity index (χ3n) is 3.48. The molecule has 0 aliphatic rings. The largest absolute Gasteiger partial charge is 0.335 e. The van der Waals surface area contributed by atoms with Crippen molar-refractivity contribution in [3.63, 3.8) is 0 Å². The Kier molecular flexibility index (Phi) is 4.43. The monoisotopic (exact) mass is 322 g/mol. The van der Waals surface area contributed by atoms with E-state index in [1.54, 1.807) is 12.3 Å². The van der Waals surface area contributed by atoms with E-state index in [1.807, 2.05) is 40.9 Å². The molecule has 24 heavy (non-hydrogen) atoms. The lowest BCUT2D eigenvalue weighted by atomic mass is 10.1. The van der Waals surface area contributed by atoms with Gasteiger partial charge in [0.05, 0.1) is 11.9 Å². The van der Waals surface area contributed by atoms with E-state index in [0.29, 0.717) is 5.69 Å². The van der Waals surface area contributed by atoms with Gasteiger partial charge in [-0.3, -0.25) is 4.40 Å². The van der Waals surface area contributed by atoms with Crippen LogP contribution in [0.3, 0.4) is 0 Å². The zero-order valence-electron chi connectivity index (χ0n) is 12.8. The fourth-order valence-electron chi connectivity index (χ4n) is 2.38. The van der Waals surface area contributed by atoms with Gasteiger partial charge in [-0.2, -0.15) is 0 Å². The summed E-state index contributed by atoms with van der Waals surface area (Å²) in [6.07, 6.45) is 9.01. The van der Waals surface area contributed by atoms with Gasteiger partial charge in [-0.25, -0.2) is 14.2 Å². The number of alkyl halides is 1. The minimum Gasteiger partial charge on any atom is -0.335 e. The third-order valence-corrected chi connectivity index (χ3v) is 3.48. The van der Waals surface area contributed by atoms with E-state index in [0.717, 1.165) is 22.5 Å². The lowest BCUT2D eigenvalue weighted by Crippen LogP contribution is -2.30. The second kappa shape index (κ2) is 6.84. The van der Waals surface area contributed by atoms with Crippen LogP contribution < -0.4 is 10.6 Å². The summed E-state index contributed by atoms with van der Waals surface area (Å²) in [6, 6.07) is 10.6. The number of anilines is 1. The predicted octanol–water partition coefficient (Wildman–Crippen LogP) is 3.07. The van der Waals surface area contributed by atoms with E-state index in [4.69, 9.17) is 6.42 Å². The van der Waals surface area contributed by atoms with Crippen LogP contribution in [0.5, 0.6) is 0 Å². The van der Waals surface area contributed by atoms with Crippen molar-refractivity contribution in [1.29, 1.82) is 0 Å². The minimum absolute atomic E-state index is 0.0176. The van der Waals surface area contributed by atoms with Gasteiger partial charge in [-0.15, -0.1) is 6.42 Å². The molecule has 0 spiro atoms. The lowest BCUT2D eigenvalue weighted by molar-refractivity contribution is 0.251. The molecular weight excluding hydrogens is 307 g/mol. The molecule has 120 valence electrons. The average Bonchev–Trinajstić information content (AvgIpc) is 3.03. The molecule has 2 amide bonds. The number of urea groups is 1. The highest BCUT2D eigenvalue weighted by Crippen LogP contribution is 2.24. The van der Waals surface area contributed by atoms with E-state index in [-0.39, 0.29) is 6.54 Å². The Morgan fingerprint density at radius 3 is 3.00 bits per heavy atom. The van der Waals surface area contributed by atoms with Gasteiger partial charge in [-0.1, -0.05) is 18.1 Å². The highest BCUT2D eigenvalue weighted by atomic mass is 19.1. The first kappa shape index (κ1) is 15.6. The predicted molar refractivity (Wildman–Crippen MR) is 91.6 cm³/mol. The van der Waals surface area contributed by atoms with Crippen molar-refractivity contribution in [2.24, 2.45) is 0 Å². The van der Waals surface area contributed by atoms with Crippen molar-refractivity contribution in [3.05, 3.63) is 54.4 Å². The molecule has 0 saturated carbocycles. The number of carbonyl (C=O) groups excluding carboxylic acids is 1. The van der Waals surface area contributed by atoms with Crippen LogP contribution in [0.1, 0.15) is 5.56 Å². The number of imidazole rings is 1.